The Hall–Kier alpha value is -1.46. The Kier molecular flexibility index (Phi) is 3.93. The summed E-state index contributed by atoms with van der Waals surface area (Å²) in [6.07, 6.45) is 0.650. The van der Waals surface area contributed by atoms with E-state index in [0.29, 0.717) is 17.9 Å². The minimum Gasteiger partial charge on any atom is -0.378 e. The van der Waals surface area contributed by atoms with Crippen LogP contribution in [0.1, 0.15) is 18.9 Å². The Balaban J connectivity index is 2.07. The second-order valence-electron chi connectivity index (χ2n) is 4.47. The maximum absolute atomic E-state index is 13.3. The van der Waals surface area contributed by atoms with E-state index in [0.717, 1.165) is 6.42 Å². The van der Waals surface area contributed by atoms with Gasteiger partial charge in [0.25, 0.3) is 0 Å². The molecule has 0 radical (unpaired) electrons. The lowest BCUT2D eigenvalue weighted by molar-refractivity contribution is -0.121. The maximum Gasteiger partial charge on any atom is 0.230 e. The molecule has 0 bridgehead atoms. The number of nitrogens with two attached hydrogens (primary N) is 1. The van der Waals surface area contributed by atoms with Crippen LogP contribution in [-0.4, -0.2) is 18.6 Å². The molecule has 0 spiro atoms. The van der Waals surface area contributed by atoms with Crippen molar-refractivity contribution in [3.63, 3.8) is 0 Å². The summed E-state index contributed by atoms with van der Waals surface area (Å²) in [7, 11) is 0. The number of amides is 1. The molecular weight excluding hydrogens is 235 g/mol. The fraction of sp³-hybridized carbons (Fsp3) is 0.462. The SMILES string of the molecule is CC1OCCC1C(=O)Nc1ccc(F)c(CN)c1. The number of anilines is 1. The molecule has 0 saturated carbocycles. The van der Waals surface area contributed by atoms with Gasteiger partial charge in [0.2, 0.25) is 5.91 Å². The van der Waals surface area contributed by atoms with E-state index in [-0.39, 0.29) is 30.3 Å². The molecule has 1 aromatic rings. The summed E-state index contributed by atoms with van der Waals surface area (Å²) in [5, 5.41) is 2.78. The maximum atomic E-state index is 13.3. The summed E-state index contributed by atoms with van der Waals surface area (Å²) in [5.41, 5.74) is 6.38. The van der Waals surface area contributed by atoms with Gasteiger partial charge in [-0.2, -0.15) is 0 Å². The van der Waals surface area contributed by atoms with Gasteiger partial charge >= 0.3 is 0 Å². The smallest absolute Gasteiger partial charge is 0.230 e. The lowest BCUT2D eigenvalue weighted by Gasteiger charge is -2.14. The normalized spacial score (nSPS) is 23.1. The van der Waals surface area contributed by atoms with Crippen molar-refractivity contribution in [3.05, 3.63) is 29.6 Å². The van der Waals surface area contributed by atoms with Crippen molar-refractivity contribution in [2.75, 3.05) is 11.9 Å². The molecule has 0 aromatic heterocycles. The molecule has 1 amide bonds. The summed E-state index contributed by atoms with van der Waals surface area (Å²) in [6.45, 7) is 2.60. The van der Waals surface area contributed by atoms with Crippen molar-refractivity contribution < 1.29 is 13.9 Å². The predicted octanol–water partition coefficient (Wildman–Crippen LogP) is 1.65. The Morgan fingerprint density at radius 3 is 3.00 bits per heavy atom. The van der Waals surface area contributed by atoms with Gasteiger partial charge in [-0.1, -0.05) is 0 Å². The number of carbonyl (C=O) groups is 1. The lowest BCUT2D eigenvalue weighted by Crippen LogP contribution is -2.27. The van der Waals surface area contributed by atoms with Crippen LogP contribution in [0.25, 0.3) is 0 Å². The van der Waals surface area contributed by atoms with E-state index in [2.05, 4.69) is 5.32 Å². The molecule has 98 valence electrons. The van der Waals surface area contributed by atoms with Gasteiger partial charge in [-0.25, -0.2) is 4.39 Å². The summed E-state index contributed by atoms with van der Waals surface area (Å²) in [5.74, 6) is -0.584. The molecule has 4 nitrogen and oxygen atoms in total. The molecule has 2 atom stereocenters. The zero-order valence-electron chi connectivity index (χ0n) is 10.3. The number of hydrogen-bond donors (Lipinski definition) is 2. The second-order valence-corrected chi connectivity index (χ2v) is 4.47. The van der Waals surface area contributed by atoms with E-state index in [9.17, 15) is 9.18 Å². The van der Waals surface area contributed by atoms with E-state index >= 15 is 0 Å². The molecule has 2 rings (SSSR count). The number of benzene rings is 1. The lowest BCUT2D eigenvalue weighted by atomic mass is 10.0. The highest BCUT2D eigenvalue weighted by Crippen LogP contribution is 2.23. The van der Waals surface area contributed by atoms with Crippen LogP contribution in [-0.2, 0) is 16.1 Å². The van der Waals surface area contributed by atoms with Gasteiger partial charge in [0.1, 0.15) is 5.82 Å². The average Bonchev–Trinajstić information content (AvgIpc) is 2.78. The first kappa shape index (κ1) is 13.0. The quantitative estimate of drug-likeness (QED) is 0.859. The third-order valence-corrected chi connectivity index (χ3v) is 3.25. The van der Waals surface area contributed by atoms with Crippen LogP contribution in [0.2, 0.25) is 0 Å². The Morgan fingerprint density at radius 1 is 1.61 bits per heavy atom. The zero-order valence-corrected chi connectivity index (χ0v) is 10.3. The number of nitrogens with one attached hydrogen (secondary N) is 1. The number of ether oxygens (including phenoxy) is 1. The highest BCUT2D eigenvalue weighted by Gasteiger charge is 2.30. The van der Waals surface area contributed by atoms with Gasteiger partial charge in [0, 0.05) is 24.4 Å². The molecular formula is C13H17FN2O2. The van der Waals surface area contributed by atoms with Gasteiger partial charge in [0.05, 0.1) is 12.0 Å². The Morgan fingerprint density at radius 2 is 2.39 bits per heavy atom. The monoisotopic (exact) mass is 252 g/mol. The molecule has 1 aromatic carbocycles. The number of carbonyl (C=O) groups excluding carboxylic acids is 1. The van der Waals surface area contributed by atoms with Crippen LogP contribution in [0, 0.1) is 11.7 Å². The Bertz CT molecular complexity index is 451. The van der Waals surface area contributed by atoms with Crippen molar-refractivity contribution in [3.8, 4) is 0 Å². The van der Waals surface area contributed by atoms with Crippen LogP contribution in [0.4, 0.5) is 10.1 Å². The summed E-state index contributed by atoms with van der Waals surface area (Å²) < 4.78 is 18.6. The third-order valence-electron chi connectivity index (χ3n) is 3.25. The molecule has 1 saturated heterocycles. The van der Waals surface area contributed by atoms with E-state index in [4.69, 9.17) is 10.5 Å². The van der Waals surface area contributed by atoms with Crippen LogP contribution in [0.3, 0.4) is 0 Å². The Labute approximate surface area is 105 Å². The standard InChI is InChI=1S/C13H17FN2O2/c1-8-11(4-5-18-8)13(17)16-10-2-3-12(14)9(6-10)7-15/h2-3,6,8,11H,4-5,7,15H2,1H3,(H,16,17). The first-order valence-electron chi connectivity index (χ1n) is 6.02. The summed E-state index contributed by atoms with van der Waals surface area (Å²) >= 11 is 0. The number of rotatable bonds is 3. The number of hydrogen-bond acceptors (Lipinski definition) is 3. The van der Waals surface area contributed by atoms with E-state index in [1.54, 1.807) is 6.07 Å². The molecule has 1 fully saturated rings. The van der Waals surface area contributed by atoms with E-state index < -0.39 is 0 Å². The van der Waals surface area contributed by atoms with Gasteiger partial charge in [-0.15, -0.1) is 0 Å². The third kappa shape index (κ3) is 2.68. The van der Waals surface area contributed by atoms with E-state index in [1.807, 2.05) is 6.92 Å². The highest BCUT2D eigenvalue weighted by atomic mass is 19.1. The van der Waals surface area contributed by atoms with Crippen molar-refractivity contribution in [1.82, 2.24) is 0 Å². The summed E-state index contributed by atoms with van der Waals surface area (Å²) in [6, 6.07) is 4.41. The van der Waals surface area contributed by atoms with Crippen LogP contribution < -0.4 is 11.1 Å². The average molecular weight is 252 g/mol. The first-order chi connectivity index (χ1) is 8.61. The van der Waals surface area contributed by atoms with Gasteiger partial charge in [-0.05, 0) is 31.5 Å². The van der Waals surface area contributed by atoms with Crippen LogP contribution in [0.5, 0.6) is 0 Å². The zero-order chi connectivity index (χ0) is 13.1. The molecule has 1 aliphatic heterocycles. The topological polar surface area (TPSA) is 64.3 Å². The molecule has 1 heterocycles. The molecule has 2 unspecified atom stereocenters. The minimum absolute atomic E-state index is 0.0700. The molecule has 18 heavy (non-hydrogen) atoms. The number of halogens is 1. The van der Waals surface area contributed by atoms with Crippen LogP contribution >= 0.6 is 0 Å². The molecule has 3 N–H and O–H groups in total. The van der Waals surface area contributed by atoms with Crippen molar-refractivity contribution in [2.45, 2.75) is 26.0 Å². The van der Waals surface area contributed by atoms with Crippen molar-refractivity contribution >= 4 is 11.6 Å². The molecule has 1 aliphatic rings. The fourth-order valence-electron chi connectivity index (χ4n) is 2.12. The van der Waals surface area contributed by atoms with Crippen molar-refractivity contribution in [2.24, 2.45) is 11.7 Å². The molecule has 0 aliphatic carbocycles. The molecule has 5 heteroatoms. The highest BCUT2D eigenvalue weighted by molar-refractivity contribution is 5.93. The van der Waals surface area contributed by atoms with E-state index in [1.165, 1.54) is 12.1 Å². The first-order valence-corrected chi connectivity index (χ1v) is 6.02. The van der Waals surface area contributed by atoms with Crippen LogP contribution in [0.15, 0.2) is 18.2 Å². The largest absolute Gasteiger partial charge is 0.378 e. The van der Waals surface area contributed by atoms with Gasteiger partial charge < -0.3 is 15.8 Å². The predicted molar refractivity (Wildman–Crippen MR) is 66.4 cm³/mol. The summed E-state index contributed by atoms with van der Waals surface area (Å²) in [4.78, 5) is 12.0. The fourth-order valence-corrected chi connectivity index (χ4v) is 2.12. The van der Waals surface area contributed by atoms with Gasteiger partial charge in [-0.3, -0.25) is 4.79 Å². The van der Waals surface area contributed by atoms with Crippen molar-refractivity contribution in [1.29, 1.82) is 0 Å². The second kappa shape index (κ2) is 5.46. The van der Waals surface area contributed by atoms with Gasteiger partial charge in [0.15, 0.2) is 0 Å². The minimum atomic E-state index is -0.354.